The van der Waals surface area contributed by atoms with Crippen molar-refractivity contribution in [3.63, 3.8) is 0 Å². The van der Waals surface area contributed by atoms with Gasteiger partial charge in [0.15, 0.2) is 0 Å². The van der Waals surface area contributed by atoms with Gasteiger partial charge in [-0.05, 0) is 48.7 Å². The molecule has 0 saturated heterocycles. The van der Waals surface area contributed by atoms with E-state index >= 15 is 0 Å². The number of hydrogen-bond acceptors (Lipinski definition) is 2. The SMILES string of the molecule is CCCCNC(=O)[C@H](C)N(Cc1cccc(Br)c1)C(=O)Cc1c(Cl)cccc1Cl. The zero-order valence-corrected chi connectivity index (χ0v) is 19.6. The molecule has 4 nitrogen and oxygen atoms in total. The normalized spacial score (nSPS) is 11.8. The lowest BCUT2D eigenvalue weighted by molar-refractivity contribution is -0.140. The summed E-state index contributed by atoms with van der Waals surface area (Å²) >= 11 is 15.9. The lowest BCUT2D eigenvalue weighted by Crippen LogP contribution is -2.48. The molecule has 7 heteroatoms. The summed E-state index contributed by atoms with van der Waals surface area (Å²) in [6.45, 7) is 4.70. The third-order valence-corrected chi connectivity index (χ3v) is 5.83. The van der Waals surface area contributed by atoms with Crippen LogP contribution in [0.15, 0.2) is 46.9 Å². The molecule has 0 heterocycles. The number of benzene rings is 2. The maximum Gasteiger partial charge on any atom is 0.242 e. The van der Waals surface area contributed by atoms with Gasteiger partial charge in [0, 0.05) is 27.6 Å². The highest BCUT2D eigenvalue weighted by Crippen LogP contribution is 2.26. The first-order chi connectivity index (χ1) is 13.8. The Kier molecular flexibility index (Phi) is 9.47. The van der Waals surface area contributed by atoms with Crippen LogP contribution in [0.3, 0.4) is 0 Å². The average Bonchev–Trinajstić information content (AvgIpc) is 2.68. The summed E-state index contributed by atoms with van der Waals surface area (Å²) in [5.41, 5.74) is 1.49. The fourth-order valence-corrected chi connectivity index (χ4v) is 3.88. The summed E-state index contributed by atoms with van der Waals surface area (Å²) in [5.74, 6) is -0.384. The maximum absolute atomic E-state index is 13.2. The van der Waals surface area contributed by atoms with Crippen molar-refractivity contribution < 1.29 is 9.59 Å². The van der Waals surface area contributed by atoms with Crippen molar-refractivity contribution in [2.24, 2.45) is 0 Å². The molecule has 0 aromatic heterocycles. The van der Waals surface area contributed by atoms with Crippen LogP contribution in [-0.4, -0.2) is 29.3 Å². The Balaban J connectivity index is 2.25. The van der Waals surface area contributed by atoms with E-state index in [4.69, 9.17) is 23.2 Å². The van der Waals surface area contributed by atoms with Gasteiger partial charge in [0.2, 0.25) is 11.8 Å². The molecule has 2 aromatic carbocycles. The van der Waals surface area contributed by atoms with Crippen molar-refractivity contribution >= 4 is 50.9 Å². The lowest BCUT2D eigenvalue weighted by atomic mass is 10.1. The van der Waals surface area contributed by atoms with Crippen LogP contribution >= 0.6 is 39.1 Å². The van der Waals surface area contributed by atoms with Crippen molar-refractivity contribution in [2.45, 2.75) is 45.7 Å². The van der Waals surface area contributed by atoms with E-state index in [1.165, 1.54) is 0 Å². The fraction of sp³-hybridized carbons (Fsp3) is 0.364. The first-order valence-corrected chi connectivity index (χ1v) is 11.1. The zero-order valence-electron chi connectivity index (χ0n) is 16.6. The number of nitrogens with one attached hydrogen (secondary N) is 1. The highest BCUT2D eigenvalue weighted by atomic mass is 79.9. The van der Waals surface area contributed by atoms with Gasteiger partial charge >= 0.3 is 0 Å². The van der Waals surface area contributed by atoms with Gasteiger partial charge in [-0.3, -0.25) is 9.59 Å². The van der Waals surface area contributed by atoms with Crippen LogP contribution in [-0.2, 0) is 22.6 Å². The van der Waals surface area contributed by atoms with E-state index in [1.54, 1.807) is 30.0 Å². The van der Waals surface area contributed by atoms with E-state index in [2.05, 4.69) is 28.2 Å². The number of halogens is 3. The van der Waals surface area contributed by atoms with Gasteiger partial charge in [-0.1, -0.05) is 70.7 Å². The summed E-state index contributed by atoms with van der Waals surface area (Å²) in [7, 11) is 0. The smallest absolute Gasteiger partial charge is 0.242 e. The molecular formula is C22H25BrCl2N2O2. The fourth-order valence-electron chi connectivity index (χ4n) is 2.90. The number of rotatable bonds is 9. The molecule has 1 N–H and O–H groups in total. The Labute approximate surface area is 190 Å². The first-order valence-electron chi connectivity index (χ1n) is 9.58. The van der Waals surface area contributed by atoms with E-state index in [9.17, 15) is 9.59 Å². The van der Waals surface area contributed by atoms with Crippen LogP contribution in [0.2, 0.25) is 10.0 Å². The molecule has 0 aliphatic rings. The number of unbranched alkanes of at least 4 members (excludes halogenated alkanes) is 1. The summed E-state index contributed by atoms with van der Waals surface area (Å²) < 4.78 is 0.914. The third-order valence-electron chi connectivity index (χ3n) is 4.63. The number of amides is 2. The quantitative estimate of drug-likeness (QED) is 0.454. The molecule has 0 saturated carbocycles. The van der Waals surface area contributed by atoms with Crippen LogP contribution in [0.4, 0.5) is 0 Å². The Morgan fingerprint density at radius 2 is 1.79 bits per heavy atom. The molecule has 0 bridgehead atoms. The van der Waals surface area contributed by atoms with Gasteiger partial charge in [0.25, 0.3) is 0 Å². The minimum atomic E-state index is -0.625. The standard InChI is InChI=1S/C22H25BrCl2N2O2/c1-3-4-11-26-22(29)15(2)27(14-16-7-5-8-17(23)12-16)21(28)13-18-19(24)9-6-10-20(18)25/h5-10,12,15H,3-4,11,13-14H2,1-2H3,(H,26,29)/t15-/m0/s1. The molecule has 1 atom stereocenters. The molecule has 0 aliphatic heterocycles. The van der Waals surface area contributed by atoms with Crippen LogP contribution in [0.1, 0.15) is 37.8 Å². The van der Waals surface area contributed by atoms with Gasteiger partial charge in [-0.15, -0.1) is 0 Å². The van der Waals surface area contributed by atoms with Gasteiger partial charge in [0.1, 0.15) is 6.04 Å². The van der Waals surface area contributed by atoms with E-state index < -0.39 is 6.04 Å². The van der Waals surface area contributed by atoms with Gasteiger partial charge in [0.05, 0.1) is 6.42 Å². The van der Waals surface area contributed by atoms with Crippen LogP contribution in [0.5, 0.6) is 0 Å². The van der Waals surface area contributed by atoms with Crippen molar-refractivity contribution in [2.75, 3.05) is 6.54 Å². The van der Waals surface area contributed by atoms with E-state index in [0.29, 0.717) is 28.7 Å². The average molecular weight is 500 g/mol. The second-order valence-corrected chi connectivity index (χ2v) is 8.58. The molecule has 2 aromatic rings. The summed E-state index contributed by atoms with van der Waals surface area (Å²) in [4.78, 5) is 27.4. The summed E-state index contributed by atoms with van der Waals surface area (Å²) in [5, 5.41) is 3.78. The van der Waals surface area contributed by atoms with Gasteiger partial charge in [-0.2, -0.15) is 0 Å². The number of hydrogen-bond donors (Lipinski definition) is 1. The highest BCUT2D eigenvalue weighted by molar-refractivity contribution is 9.10. The minimum absolute atomic E-state index is 0.0269. The largest absolute Gasteiger partial charge is 0.354 e. The second-order valence-electron chi connectivity index (χ2n) is 6.85. The Bertz CT molecular complexity index is 840. The van der Waals surface area contributed by atoms with Crippen molar-refractivity contribution in [3.8, 4) is 0 Å². The number of carbonyl (C=O) groups excluding carboxylic acids is 2. The minimum Gasteiger partial charge on any atom is -0.354 e. The van der Waals surface area contributed by atoms with Crippen LogP contribution < -0.4 is 5.32 Å². The predicted octanol–water partition coefficient (Wildman–Crippen LogP) is 5.63. The third kappa shape index (κ3) is 7.02. The van der Waals surface area contributed by atoms with Crippen molar-refractivity contribution in [1.82, 2.24) is 10.2 Å². The summed E-state index contributed by atoms with van der Waals surface area (Å²) in [6.07, 6.45) is 1.91. The Morgan fingerprint density at radius 1 is 1.14 bits per heavy atom. The number of carbonyl (C=O) groups is 2. The van der Waals surface area contributed by atoms with Gasteiger partial charge < -0.3 is 10.2 Å². The number of nitrogens with zero attached hydrogens (tertiary/aromatic N) is 1. The predicted molar refractivity (Wildman–Crippen MR) is 122 cm³/mol. The van der Waals surface area contributed by atoms with Crippen molar-refractivity contribution in [3.05, 3.63) is 68.1 Å². The molecule has 29 heavy (non-hydrogen) atoms. The molecule has 0 radical (unpaired) electrons. The van der Waals surface area contributed by atoms with Crippen LogP contribution in [0, 0.1) is 0 Å². The van der Waals surface area contributed by atoms with Gasteiger partial charge in [-0.25, -0.2) is 0 Å². The summed E-state index contributed by atoms with van der Waals surface area (Å²) in [6, 6.07) is 12.2. The lowest BCUT2D eigenvalue weighted by Gasteiger charge is -2.29. The van der Waals surface area contributed by atoms with Crippen molar-refractivity contribution in [1.29, 1.82) is 0 Å². The monoisotopic (exact) mass is 498 g/mol. The van der Waals surface area contributed by atoms with E-state index in [1.807, 2.05) is 24.3 Å². The maximum atomic E-state index is 13.2. The molecule has 2 amide bonds. The Hall–Kier alpha value is -1.56. The van der Waals surface area contributed by atoms with Crippen LogP contribution in [0.25, 0.3) is 0 Å². The molecule has 156 valence electrons. The zero-order chi connectivity index (χ0) is 21.4. The molecule has 2 rings (SSSR count). The Morgan fingerprint density at radius 3 is 2.41 bits per heavy atom. The molecule has 0 fully saturated rings. The molecule has 0 aliphatic carbocycles. The topological polar surface area (TPSA) is 49.4 Å². The molecule has 0 unspecified atom stereocenters. The second kappa shape index (κ2) is 11.6. The van der Waals surface area contributed by atoms with E-state index in [0.717, 1.165) is 22.9 Å². The van der Waals surface area contributed by atoms with E-state index in [-0.39, 0.29) is 18.2 Å². The first kappa shape index (κ1) is 23.7. The highest BCUT2D eigenvalue weighted by Gasteiger charge is 2.27. The molecular weight excluding hydrogens is 475 g/mol. The molecule has 0 spiro atoms.